The van der Waals surface area contributed by atoms with E-state index in [1.165, 1.54) is 6.07 Å². The molecular weight excluding hydrogens is 270 g/mol. The summed E-state index contributed by atoms with van der Waals surface area (Å²) in [6.07, 6.45) is -0.548. The summed E-state index contributed by atoms with van der Waals surface area (Å²) in [6, 6.07) is 12.2. The fourth-order valence-corrected chi connectivity index (χ4v) is 2.59. The first-order chi connectivity index (χ1) is 10.1. The Bertz CT molecular complexity index is 684. The molecule has 0 radical (unpaired) electrons. The Morgan fingerprint density at radius 1 is 1.19 bits per heavy atom. The van der Waals surface area contributed by atoms with E-state index in [1.807, 2.05) is 18.2 Å². The lowest BCUT2D eigenvalue weighted by Crippen LogP contribution is -2.05. The summed E-state index contributed by atoms with van der Waals surface area (Å²) in [5, 5.41) is 21.3. The minimum atomic E-state index is -0.767. The van der Waals surface area contributed by atoms with Crippen LogP contribution in [-0.2, 0) is 24.4 Å². The van der Waals surface area contributed by atoms with Gasteiger partial charge in [0.15, 0.2) is 0 Å². The van der Waals surface area contributed by atoms with E-state index in [1.54, 1.807) is 18.2 Å². The Labute approximate surface area is 122 Å². The molecule has 0 aliphatic carbocycles. The highest BCUT2D eigenvalue weighted by Gasteiger charge is 2.19. The SMILES string of the molecule is O=[N+]([O-])c1ccccc1CC(O)c1ccc2c(c1)COC2. The lowest BCUT2D eigenvalue weighted by molar-refractivity contribution is -0.385. The van der Waals surface area contributed by atoms with Gasteiger partial charge >= 0.3 is 0 Å². The van der Waals surface area contributed by atoms with Crippen molar-refractivity contribution in [3.63, 3.8) is 0 Å². The predicted octanol–water partition coefficient (Wildman–Crippen LogP) is 2.90. The smallest absolute Gasteiger partial charge is 0.272 e. The highest BCUT2D eigenvalue weighted by atomic mass is 16.6. The summed E-state index contributed by atoms with van der Waals surface area (Å²) in [4.78, 5) is 10.6. The highest BCUT2D eigenvalue weighted by Crippen LogP contribution is 2.28. The molecule has 108 valence electrons. The molecule has 1 heterocycles. The highest BCUT2D eigenvalue weighted by molar-refractivity contribution is 5.41. The first-order valence-electron chi connectivity index (χ1n) is 6.75. The number of hydrogen-bond donors (Lipinski definition) is 1. The van der Waals surface area contributed by atoms with E-state index in [-0.39, 0.29) is 12.1 Å². The number of fused-ring (bicyclic) bond motifs is 1. The van der Waals surface area contributed by atoms with Crippen molar-refractivity contribution >= 4 is 5.69 Å². The molecule has 5 heteroatoms. The van der Waals surface area contributed by atoms with Crippen molar-refractivity contribution in [3.8, 4) is 0 Å². The molecule has 0 aromatic heterocycles. The Morgan fingerprint density at radius 3 is 2.76 bits per heavy atom. The van der Waals surface area contributed by atoms with Gasteiger partial charge in [0.25, 0.3) is 5.69 Å². The number of nitro groups is 1. The van der Waals surface area contributed by atoms with E-state index in [4.69, 9.17) is 4.74 Å². The predicted molar refractivity (Wildman–Crippen MR) is 76.7 cm³/mol. The molecule has 0 saturated carbocycles. The number of nitrogens with zero attached hydrogens (tertiary/aromatic N) is 1. The summed E-state index contributed by atoms with van der Waals surface area (Å²) in [5.41, 5.74) is 3.55. The molecule has 21 heavy (non-hydrogen) atoms. The minimum Gasteiger partial charge on any atom is -0.388 e. The summed E-state index contributed by atoms with van der Waals surface area (Å²) >= 11 is 0. The monoisotopic (exact) mass is 285 g/mol. The molecule has 0 bridgehead atoms. The van der Waals surface area contributed by atoms with E-state index < -0.39 is 11.0 Å². The molecule has 1 unspecified atom stereocenters. The van der Waals surface area contributed by atoms with Gasteiger partial charge in [-0.15, -0.1) is 0 Å². The van der Waals surface area contributed by atoms with Crippen molar-refractivity contribution < 1.29 is 14.8 Å². The summed E-state index contributed by atoms with van der Waals surface area (Å²) in [7, 11) is 0. The number of hydrogen-bond acceptors (Lipinski definition) is 4. The Kier molecular flexibility index (Phi) is 3.68. The van der Waals surface area contributed by atoms with Gasteiger partial charge in [0.05, 0.1) is 24.2 Å². The molecule has 5 nitrogen and oxygen atoms in total. The molecule has 1 atom stereocenters. The van der Waals surface area contributed by atoms with Crippen molar-refractivity contribution in [1.82, 2.24) is 0 Å². The molecule has 3 rings (SSSR count). The largest absolute Gasteiger partial charge is 0.388 e. The summed E-state index contributed by atoms with van der Waals surface area (Å²) < 4.78 is 5.35. The zero-order chi connectivity index (χ0) is 14.8. The maximum absolute atomic E-state index is 11.0. The van der Waals surface area contributed by atoms with Gasteiger partial charge in [-0.3, -0.25) is 10.1 Å². The second kappa shape index (κ2) is 5.63. The van der Waals surface area contributed by atoms with Gasteiger partial charge in [0.2, 0.25) is 0 Å². The number of ether oxygens (including phenoxy) is 1. The quantitative estimate of drug-likeness (QED) is 0.692. The molecule has 1 N–H and O–H groups in total. The van der Waals surface area contributed by atoms with E-state index in [0.717, 1.165) is 16.7 Å². The van der Waals surface area contributed by atoms with Crippen molar-refractivity contribution in [2.45, 2.75) is 25.7 Å². The summed E-state index contributed by atoms with van der Waals surface area (Å²) in [5.74, 6) is 0. The van der Waals surface area contributed by atoms with E-state index in [9.17, 15) is 15.2 Å². The third-order valence-electron chi connectivity index (χ3n) is 3.73. The molecular formula is C16H15NO4. The van der Waals surface area contributed by atoms with Crippen LogP contribution in [-0.4, -0.2) is 10.0 Å². The van der Waals surface area contributed by atoms with Crippen LogP contribution in [0.5, 0.6) is 0 Å². The van der Waals surface area contributed by atoms with Crippen molar-refractivity contribution in [1.29, 1.82) is 0 Å². The molecule has 0 amide bonds. The normalized spacial score (nSPS) is 14.7. The van der Waals surface area contributed by atoms with Gasteiger partial charge < -0.3 is 9.84 Å². The van der Waals surface area contributed by atoms with Gasteiger partial charge in [-0.05, 0) is 16.7 Å². The van der Waals surface area contributed by atoms with Crippen molar-refractivity contribution in [2.24, 2.45) is 0 Å². The van der Waals surface area contributed by atoms with Gasteiger partial charge in [0, 0.05) is 18.1 Å². The molecule has 2 aromatic carbocycles. The molecule has 0 spiro atoms. The van der Waals surface area contributed by atoms with Crippen LogP contribution < -0.4 is 0 Å². The van der Waals surface area contributed by atoms with E-state index in [2.05, 4.69) is 0 Å². The van der Waals surface area contributed by atoms with Gasteiger partial charge in [-0.25, -0.2) is 0 Å². The standard InChI is InChI=1S/C16H15NO4/c18-16(8-11-3-1-2-4-15(11)17(19)20)12-5-6-13-9-21-10-14(13)7-12/h1-7,16,18H,8-10H2. The van der Waals surface area contributed by atoms with Crippen LogP contribution in [0.2, 0.25) is 0 Å². The van der Waals surface area contributed by atoms with Gasteiger partial charge in [-0.1, -0.05) is 36.4 Å². The third-order valence-corrected chi connectivity index (χ3v) is 3.73. The maximum Gasteiger partial charge on any atom is 0.272 e. The van der Waals surface area contributed by atoms with Crippen LogP contribution >= 0.6 is 0 Å². The van der Waals surface area contributed by atoms with Crippen LogP contribution in [0.15, 0.2) is 42.5 Å². The lowest BCUT2D eigenvalue weighted by Gasteiger charge is -2.12. The number of para-hydroxylation sites is 1. The van der Waals surface area contributed by atoms with E-state index >= 15 is 0 Å². The number of benzene rings is 2. The number of aliphatic hydroxyl groups excluding tert-OH is 1. The molecule has 1 aliphatic heterocycles. The molecule has 2 aromatic rings. The first kappa shape index (κ1) is 13.7. The van der Waals surface area contributed by atoms with Crippen LogP contribution in [0.25, 0.3) is 0 Å². The fourth-order valence-electron chi connectivity index (χ4n) is 2.59. The van der Waals surface area contributed by atoms with E-state index in [0.29, 0.717) is 18.8 Å². The number of rotatable bonds is 4. The zero-order valence-corrected chi connectivity index (χ0v) is 11.4. The molecule has 0 fully saturated rings. The second-order valence-electron chi connectivity index (χ2n) is 5.13. The molecule has 0 saturated heterocycles. The first-order valence-corrected chi connectivity index (χ1v) is 6.75. The van der Waals surface area contributed by atoms with Gasteiger partial charge in [0.1, 0.15) is 0 Å². The fraction of sp³-hybridized carbons (Fsp3) is 0.250. The number of nitro benzene ring substituents is 1. The maximum atomic E-state index is 11.0. The third kappa shape index (κ3) is 2.79. The van der Waals surface area contributed by atoms with Gasteiger partial charge in [-0.2, -0.15) is 0 Å². The number of aliphatic hydroxyl groups is 1. The topological polar surface area (TPSA) is 72.6 Å². The Hall–Kier alpha value is -2.24. The van der Waals surface area contributed by atoms with Crippen LogP contribution in [0.1, 0.15) is 28.4 Å². The van der Waals surface area contributed by atoms with Crippen LogP contribution in [0, 0.1) is 10.1 Å². The average Bonchev–Trinajstić information content (AvgIpc) is 2.94. The minimum absolute atomic E-state index is 0.0426. The van der Waals surface area contributed by atoms with Crippen LogP contribution in [0.3, 0.4) is 0 Å². The lowest BCUT2D eigenvalue weighted by atomic mass is 9.97. The Morgan fingerprint density at radius 2 is 1.95 bits per heavy atom. The van der Waals surface area contributed by atoms with Crippen molar-refractivity contribution in [3.05, 3.63) is 74.8 Å². The Balaban J connectivity index is 1.83. The van der Waals surface area contributed by atoms with Crippen molar-refractivity contribution in [2.75, 3.05) is 0 Å². The van der Waals surface area contributed by atoms with Crippen LogP contribution in [0.4, 0.5) is 5.69 Å². The second-order valence-corrected chi connectivity index (χ2v) is 5.13. The zero-order valence-electron chi connectivity index (χ0n) is 11.4. The molecule has 1 aliphatic rings. The average molecular weight is 285 g/mol. The summed E-state index contributed by atoms with van der Waals surface area (Å²) in [6.45, 7) is 1.16.